The third-order valence-electron chi connectivity index (χ3n) is 1.11. The van der Waals surface area contributed by atoms with Crippen molar-refractivity contribution in [2.45, 2.75) is 6.42 Å². The van der Waals surface area contributed by atoms with Gasteiger partial charge in [-0.3, -0.25) is 0 Å². The van der Waals surface area contributed by atoms with E-state index in [1.807, 2.05) is 11.7 Å². The summed E-state index contributed by atoms with van der Waals surface area (Å²) >= 11 is 1.60. The molecule has 2 heterocycles. The van der Waals surface area contributed by atoms with Crippen LogP contribution in [0.25, 0.3) is 0 Å². The molecule has 1 aliphatic rings. The maximum absolute atomic E-state index is 4.09. The Morgan fingerprint density at radius 1 is 1.62 bits per heavy atom. The second-order valence-electron chi connectivity index (χ2n) is 1.62. The molecule has 0 fully saturated rings. The molecule has 0 aliphatic carbocycles. The number of hydrogen-bond acceptors (Lipinski definition) is 3. The summed E-state index contributed by atoms with van der Waals surface area (Å²) in [6.45, 7) is 0. The highest BCUT2D eigenvalue weighted by atomic mass is 32.1. The largest absolute Gasteiger partial charge is 0.248 e. The lowest BCUT2D eigenvalue weighted by Gasteiger charge is -1.75. The van der Waals surface area contributed by atoms with Crippen molar-refractivity contribution in [3.63, 3.8) is 0 Å². The summed E-state index contributed by atoms with van der Waals surface area (Å²) in [6.07, 6.45) is 2.83. The van der Waals surface area contributed by atoms with E-state index in [4.69, 9.17) is 0 Å². The van der Waals surface area contributed by atoms with E-state index in [0.29, 0.717) is 0 Å². The van der Waals surface area contributed by atoms with Gasteiger partial charge >= 0.3 is 0 Å². The summed E-state index contributed by atoms with van der Waals surface area (Å²) in [6, 6.07) is 0. The smallest absolute Gasteiger partial charge is 0.138 e. The van der Waals surface area contributed by atoms with Crippen LogP contribution in [0.15, 0.2) is 10.5 Å². The molecule has 0 spiro atoms. The van der Waals surface area contributed by atoms with E-state index in [1.165, 1.54) is 0 Å². The Kier molecular flexibility index (Phi) is 0.729. The van der Waals surface area contributed by atoms with E-state index in [-0.39, 0.29) is 0 Å². The molecule has 1 aliphatic heterocycles. The van der Waals surface area contributed by atoms with Gasteiger partial charge in [0, 0.05) is 12.6 Å². The van der Waals surface area contributed by atoms with E-state index in [2.05, 4.69) is 9.98 Å². The molecule has 1 aromatic rings. The highest BCUT2D eigenvalue weighted by Crippen LogP contribution is 2.26. The third kappa shape index (κ3) is 0.419. The standard InChI is InChI=1S/C5H4N2S/c1-2-6-5-4(1)7-3-8-5/h2-3H,1H2. The molecule has 40 valence electrons. The van der Waals surface area contributed by atoms with Crippen LogP contribution in [-0.4, -0.2) is 11.2 Å². The quantitative estimate of drug-likeness (QED) is 0.513. The van der Waals surface area contributed by atoms with E-state index in [1.54, 1.807) is 11.3 Å². The average Bonchev–Trinajstić information content (AvgIpc) is 2.15. The molecule has 8 heavy (non-hydrogen) atoms. The molecular formula is C5H4N2S. The van der Waals surface area contributed by atoms with Gasteiger partial charge in [-0.05, 0) is 0 Å². The van der Waals surface area contributed by atoms with E-state index in [0.717, 1.165) is 17.1 Å². The number of nitrogens with zero attached hydrogens (tertiary/aromatic N) is 2. The van der Waals surface area contributed by atoms with Crippen LogP contribution in [0.5, 0.6) is 0 Å². The minimum absolute atomic E-state index is 0.929. The topological polar surface area (TPSA) is 25.2 Å². The first-order chi connectivity index (χ1) is 3.97. The Balaban J connectivity index is 2.67. The van der Waals surface area contributed by atoms with Crippen molar-refractivity contribution >= 4 is 22.6 Å². The molecule has 0 saturated carbocycles. The monoisotopic (exact) mass is 124 g/mol. The molecule has 0 atom stereocenters. The van der Waals surface area contributed by atoms with Crippen LogP contribution in [0.2, 0.25) is 0 Å². The van der Waals surface area contributed by atoms with E-state index in [9.17, 15) is 0 Å². The fraction of sp³-hybridized carbons (Fsp3) is 0.200. The van der Waals surface area contributed by atoms with Crippen LogP contribution in [0.1, 0.15) is 5.69 Å². The molecule has 2 nitrogen and oxygen atoms in total. The maximum atomic E-state index is 4.09. The summed E-state index contributed by atoms with van der Waals surface area (Å²) in [5.41, 5.74) is 2.97. The van der Waals surface area contributed by atoms with Crippen LogP contribution in [0.4, 0.5) is 5.00 Å². The second-order valence-corrected chi connectivity index (χ2v) is 2.45. The van der Waals surface area contributed by atoms with Gasteiger partial charge in [0.1, 0.15) is 5.00 Å². The van der Waals surface area contributed by atoms with Crippen molar-refractivity contribution in [3.05, 3.63) is 11.2 Å². The average molecular weight is 124 g/mol. The minimum atomic E-state index is 0.929. The van der Waals surface area contributed by atoms with Gasteiger partial charge < -0.3 is 0 Å². The van der Waals surface area contributed by atoms with Gasteiger partial charge in [-0.15, -0.1) is 11.3 Å². The fourth-order valence-electron chi connectivity index (χ4n) is 0.723. The van der Waals surface area contributed by atoms with Crippen LogP contribution in [0, 0.1) is 0 Å². The van der Waals surface area contributed by atoms with Crippen LogP contribution in [-0.2, 0) is 6.42 Å². The maximum Gasteiger partial charge on any atom is 0.138 e. The fourth-order valence-corrected chi connectivity index (χ4v) is 1.41. The Hall–Kier alpha value is -0.700. The lowest BCUT2D eigenvalue weighted by atomic mass is 10.4. The Bertz CT molecular complexity index is 226. The Morgan fingerprint density at radius 3 is 3.50 bits per heavy atom. The van der Waals surface area contributed by atoms with Crippen molar-refractivity contribution in [1.82, 2.24) is 4.98 Å². The first-order valence-electron chi connectivity index (χ1n) is 2.42. The molecule has 2 rings (SSSR count). The number of hydrogen-bond donors (Lipinski definition) is 0. The summed E-state index contributed by atoms with van der Waals surface area (Å²) < 4.78 is 0. The molecular weight excluding hydrogens is 120 g/mol. The van der Waals surface area contributed by atoms with Gasteiger partial charge in [-0.1, -0.05) is 0 Å². The van der Waals surface area contributed by atoms with Gasteiger partial charge in [0.15, 0.2) is 0 Å². The molecule has 0 N–H and O–H groups in total. The molecule has 0 unspecified atom stereocenters. The second kappa shape index (κ2) is 1.39. The van der Waals surface area contributed by atoms with Crippen molar-refractivity contribution in [1.29, 1.82) is 0 Å². The first kappa shape index (κ1) is 4.21. The van der Waals surface area contributed by atoms with E-state index >= 15 is 0 Å². The van der Waals surface area contributed by atoms with E-state index < -0.39 is 0 Å². The summed E-state index contributed by atoms with van der Waals surface area (Å²) in [5.74, 6) is 0. The van der Waals surface area contributed by atoms with Crippen LogP contribution >= 0.6 is 11.3 Å². The number of thiazole rings is 1. The molecule has 1 aromatic heterocycles. The van der Waals surface area contributed by atoms with Gasteiger partial charge in [-0.2, -0.15) is 0 Å². The highest BCUT2D eigenvalue weighted by Gasteiger charge is 2.06. The Labute approximate surface area is 50.9 Å². The minimum Gasteiger partial charge on any atom is -0.248 e. The molecule has 0 bridgehead atoms. The van der Waals surface area contributed by atoms with Crippen molar-refractivity contribution in [2.24, 2.45) is 4.99 Å². The lowest BCUT2D eigenvalue weighted by Crippen LogP contribution is -1.76. The van der Waals surface area contributed by atoms with Gasteiger partial charge in [0.05, 0.1) is 11.2 Å². The molecule has 0 radical (unpaired) electrons. The number of aliphatic imine (C=N–C) groups is 1. The molecule has 0 aromatic carbocycles. The molecule has 0 saturated heterocycles. The van der Waals surface area contributed by atoms with Crippen LogP contribution < -0.4 is 0 Å². The van der Waals surface area contributed by atoms with Crippen molar-refractivity contribution in [3.8, 4) is 0 Å². The van der Waals surface area contributed by atoms with Crippen molar-refractivity contribution < 1.29 is 0 Å². The van der Waals surface area contributed by atoms with Gasteiger partial charge in [-0.25, -0.2) is 9.98 Å². The predicted molar refractivity (Wildman–Crippen MR) is 34.0 cm³/mol. The summed E-state index contributed by atoms with van der Waals surface area (Å²) in [5, 5.41) is 1.09. The summed E-state index contributed by atoms with van der Waals surface area (Å²) in [4.78, 5) is 8.18. The first-order valence-corrected chi connectivity index (χ1v) is 3.29. The Morgan fingerprint density at radius 2 is 2.62 bits per heavy atom. The third-order valence-corrected chi connectivity index (χ3v) is 1.89. The predicted octanol–water partition coefficient (Wildman–Crippen LogP) is 1.40. The molecule has 0 amide bonds. The lowest BCUT2D eigenvalue weighted by molar-refractivity contribution is 1.23. The van der Waals surface area contributed by atoms with Gasteiger partial charge in [0.25, 0.3) is 0 Å². The highest BCUT2D eigenvalue weighted by molar-refractivity contribution is 7.13. The number of fused-ring (bicyclic) bond motifs is 1. The summed E-state index contributed by atoms with van der Waals surface area (Å²) in [7, 11) is 0. The van der Waals surface area contributed by atoms with Gasteiger partial charge in [0.2, 0.25) is 0 Å². The molecule has 3 heteroatoms. The number of aromatic nitrogens is 1. The number of rotatable bonds is 0. The zero-order valence-electron chi connectivity index (χ0n) is 4.16. The SMILES string of the molecule is C1=Nc2scnc2C1. The normalized spacial score (nSPS) is 14.5. The van der Waals surface area contributed by atoms with Crippen LogP contribution in [0.3, 0.4) is 0 Å². The zero-order valence-corrected chi connectivity index (χ0v) is 4.98. The van der Waals surface area contributed by atoms with Crippen molar-refractivity contribution in [2.75, 3.05) is 0 Å². The zero-order chi connectivity index (χ0) is 5.40.